The van der Waals surface area contributed by atoms with Crippen LogP contribution in [-0.2, 0) is 4.79 Å². The number of nitrogens with zero attached hydrogens (tertiary/aromatic N) is 2. The van der Waals surface area contributed by atoms with Crippen molar-refractivity contribution in [2.45, 2.75) is 108 Å². The van der Waals surface area contributed by atoms with E-state index in [-0.39, 0.29) is 0 Å². The number of amides is 1. The minimum Gasteiger partial charge on any atom is -0.338 e. The monoisotopic (exact) mass is 360 g/mol. The van der Waals surface area contributed by atoms with Gasteiger partial charge in [0.05, 0.1) is 0 Å². The molecule has 0 radical (unpaired) electrons. The molecule has 4 fully saturated rings. The Morgan fingerprint density at radius 2 is 1.54 bits per heavy atom. The van der Waals surface area contributed by atoms with Crippen molar-refractivity contribution in [3.8, 4) is 0 Å². The largest absolute Gasteiger partial charge is 0.338 e. The van der Waals surface area contributed by atoms with E-state index >= 15 is 0 Å². The van der Waals surface area contributed by atoms with Crippen molar-refractivity contribution < 1.29 is 4.79 Å². The van der Waals surface area contributed by atoms with Crippen LogP contribution in [0.3, 0.4) is 0 Å². The summed E-state index contributed by atoms with van der Waals surface area (Å²) in [7, 11) is 0. The van der Waals surface area contributed by atoms with Gasteiger partial charge in [-0.3, -0.25) is 9.69 Å². The summed E-state index contributed by atoms with van der Waals surface area (Å²) < 4.78 is 0. The Hall–Kier alpha value is -0.570. The smallest absolute Gasteiger partial charge is 0.222 e. The molecule has 0 aromatic heterocycles. The van der Waals surface area contributed by atoms with Crippen LogP contribution in [0.1, 0.15) is 96.3 Å². The molecule has 3 unspecified atom stereocenters. The standard InChI is InChI=1S/C23H40N2O/c26-23-14-13-20-10-4-5-12-22(20)25(23)17-16-24-15-7-6-11-21(24)18-19-8-2-1-3-9-19/h19-22H,1-18H2. The molecule has 0 aromatic rings. The van der Waals surface area contributed by atoms with Crippen LogP contribution in [0.5, 0.6) is 0 Å². The van der Waals surface area contributed by atoms with Gasteiger partial charge in [0, 0.05) is 31.6 Å². The summed E-state index contributed by atoms with van der Waals surface area (Å²) >= 11 is 0. The Bertz CT molecular complexity index is 459. The number of hydrogen-bond donors (Lipinski definition) is 0. The summed E-state index contributed by atoms with van der Waals surface area (Å²) in [4.78, 5) is 17.7. The average molecular weight is 361 g/mol. The van der Waals surface area contributed by atoms with Crippen molar-refractivity contribution in [2.24, 2.45) is 11.8 Å². The van der Waals surface area contributed by atoms with Crippen LogP contribution in [0.4, 0.5) is 0 Å². The van der Waals surface area contributed by atoms with E-state index < -0.39 is 0 Å². The maximum Gasteiger partial charge on any atom is 0.222 e. The van der Waals surface area contributed by atoms with Gasteiger partial charge in [0.1, 0.15) is 0 Å². The van der Waals surface area contributed by atoms with Crippen LogP contribution < -0.4 is 0 Å². The predicted octanol–water partition coefficient (Wildman–Crippen LogP) is 4.99. The normalized spacial score (nSPS) is 34.7. The van der Waals surface area contributed by atoms with Gasteiger partial charge in [0.25, 0.3) is 0 Å². The number of hydrogen-bond acceptors (Lipinski definition) is 2. The fourth-order valence-electron chi connectivity index (χ4n) is 6.53. The van der Waals surface area contributed by atoms with E-state index in [1.807, 2.05) is 0 Å². The Morgan fingerprint density at radius 1 is 0.769 bits per heavy atom. The van der Waals surface area contributed by atoms with E-state index in [0.717, 1.165) is 43.8 Å². The number of carbonyl (C=O) groups excluding carboxylic acids is 1. The molecule has 0 aromatic carbocycles. The molecule has 0 bridgehead atoms. The molecule has 0 spiro atoms. The van der Waals surface area contributed by atoms with Crippen molar-refractivity contribution in [2.75, 3.05) is 19.6 Å². The maximum atomic E-state index is 12.6. The summed E-state index contributed by atoms with van der Waals surface area (Å²) in [5.41, 5.74) is 0. The van der Waals surface area contributed by atoms with Crippen molar-refractivity contribution >= 4 is 5.91 Å². The molecule has 2 saturated heterocycles. The van der Waals surface area contributed by atoms with Crippen LogP contribution in [-0.4, -0.2) is 47.4 Å². The van der Waals surface area contributed by atoms with Crippen molar-refractivity contribution in [3.63, 3.8) is 0 Å². The first-order chi connectivity index (χ1) is 12.8. The summed E-state index contributed by atoms with van der Waals surface area (Å²) in [5.74, 6) is 2.24. The molecule has 2 heterocycles. The molecule has 148 valence electrons. The molecule has 1 amide bonds. The van der Waals surface area contributed by atoms with Gasteiger partial charge in [0.2, 0.25) is 5.91 Å². The molecule has 4 rings (SSSR count). The first kappa shape index (κ1) is 18.8. The SMILES string of the molecule is O=C1CCC2CCCCC2N1CCN1CCCCC1CC1CCCCC1. The third-order valence-corrected chi connectivity index (χ3v) is 8.03. The highest BCUT2D eigenvalue weighted by atomic mass is 16.2. The fourth-order valence-corrected chi connectivity index (χ4v) is 6.53. The van der Waals surface area contributed by atoms with Crippen LogP contribution in [0.15, 0.2) is 0 Å². The van der Waals surface area contributed by atoms with E-state index in [0.29, 0.717) is 11.9 Å². The second kappa shape index (κ2) is 9.08. The van der Waals surface area contributed by atoms with Crippen molar-refractivity contribution in [1.29, 1.82) is 0 Å². The highest BCUT2D eigenvalue weighted by Crippen LogP contribution is 2.36. The van der Waals surface area contributed by atoms with E-state index in [1.165, 1.54) is 90.0 Å². The Balaban J connectivity index is 1.32. The van der Waals surface area contributed by atoms with Gasteiger partial charge >= 0.3 is 0 Å². The lowest BCUT2D eigenvalue weighted by molar-refractivity contribution is -0.140. The fraction of sp³-hybridized carbons (Fsp3) is 0.957. The van der Waals surface area contributed by atoms with Gasteiger partial charge in [-0.05, 0) is 56.9 Å². The summed E-state index contributed by atoms with van der Waals surface area (Å²) in [6.07, 6.45) is 20.3. The zero-order valence-electron chi connectivity index (χ0n) is 16.8. The van der Waals surface area contributed by atoms with Gasteiger partial charge in [-0.25, -0.2) is 0 Å². The number of carbonyl (C=O) groups is 1. The van der Waals surface area contributed by atoms with E-state index in [1.54, 1.807) is 0 Å². The van der Waals surface area contributed by atoms with Gasteiger partial charge in [-0.1, -0.05) is 51.4 Å². The van der Waals surface area contributed by atoms with Crippen molar-refractivity contribution in [1.82, 2.24) is 9.80 Å². The number of rotatable bonds is 5. The second-order valence-corrected chi connectivity index (χ2v) is 9.66. The van der Waals surface area contributed by atoms with Gasteiger partial charge in [0.15, 0.2) is 0 Å². The topological polar surface area (TPSA) is 23.6 Å². The summed E-state index contributed by atoms with van der Waals surface area (Å²) in [6.45, 7) is 3.40. The van der Waals surface area contributed by atoms with Gasteiger partial charge in [-0.15, -0.1) is 0 Å². The molecule has 2 saturated carbocycles. The quantitative estimate of drug-likeness (QED) is 0.689. The molecule has 4 aliphatic rings. The lowest BCUT2D eigenvalue weighted by Gasteiger charge is -2.45. The third-order valence-electron chi connectivity index (χ3n) is 8.03. The number of piperidine rings is 2. The maximum absolute atomic E-state index is 12.6. The van der Waals surface area contributed by atoms with Crippen LogP contribution >= 0.6 is 0 Å². The minimum absolute atomic E-state index is 0.453. The molecular formula is C23H40N2O. The highest BCUT2D eigenvalue weighted by Gasteiger charge is 2.37. The van der Waals surface area contributed by atoms with Gasteiger partial charge in [-0.2, -0.15) is 0 Å². The molecule has 2 aliphatic heterocycles. The first-order valence-electron chi connectivity index (χ1n) is 11.8. The Morgan fingerprint density at radius 3 is 2.42 bits per heavy atom. The molecule has 3 heteroatoms. The van der Waals surface area contributed by atoms with Crippen LogP contribution in [0.25, 0.3) is 0 Å². The molecule has 3 atom stereocenters. The third kappa shape index (κ3) is 4.46. The van der Waals surface area contributed by atoms with Crippen LogP contribution in [0, 0.1) is 11.8 Å². The summed E-state index contributed by atoms with van der Waals surface area (Å²) in [5, 5.41) is 0. The van der Waals surface area contributed by atoms with Gasteiger partial charge < -0.3 is 4.90 Å². The van der Waals surface area contributed by atoms with E-state index in [4.69, 9.17) is 0 Å². The zero-order chi connectivity index (χ0) is 17.8. The number of likely N-dealkylation sites (tertiary alicyclic amines) is 2. The number of fused-ring (bicyclic) bond motifs is 1. The lowest BCUT2D eigenvalue weighted by Crippen LogP contribution is -2.53. The highest BCUT2D eigenvalue weighted by molar-refractivity contribution is 5.77. The molecule has 26 heavy (non-hydrogen) atoms. The average Bonchev–Trinajstić information content (AvgIpc) is 2.69. The molecule has 3 nitrogen and oxygen atoms in total. The zero-order valence-corrected chi connectivity index (χ0v) is 16.8. The minimum atomic E-state index is 0.453. The lowest BCUT2D eigenvalue weighted by atomic mass is 9.78. The Kier molecular flexibility index (Phi) is 6.56. The van der Waals surface area contributed by atoms with E-state index in [9.17, 15) is 4.79 Å². The summed E-state index contributed by atoms with van der Waals surface area (Å²) in [6, 6.07) is 1.38. The second-order valence-electron chi connectivity index (χ2n) is 9.66. The molecular weight excluding hydrogens is 320 g/mol. The van der Waals surface area contributed by atoms with E-state index in [2.05, 4.69) is 9.80 Å². The van der Waals surface area contributed by atoms with Crippen molar-refractivity contribution in [3.05, 3.63) is 0 Å². The predicted molar refractivity (Wildman–Crippen MR) is 107 cm³/mol. The molecule has 0 N–H and O–H groups in total. The first-order valence-corrected chi connectivity index (χ1v) is 11.8. The Labute approximate surface area is 160 Å². The van der Waals surface area contributed by atoms with Crippen LogP contribution in [0.2, 0.25) is 0 Å². The molecule has 2 aliphatic carbocycles.